The predicted octanol–water partition coefficient (Wildman–Crippen LogP) is 4.47. The molecule has 0 bridgehead atoms. The number of hydrogen-bond donors (Lipinski definition) is 0. The van der Waals surface area contributed by atoms with E-state index in [4.69, 9.17) is 9.47 Å². The number of rotatable bonds is 7. The Morgan fingerprint density at radius 3 is 2.52 bits per heavy atom. The van der Waals surface area contributed by atoms with Crippen molar-refractivity contribution in [2.75, 3.05) is 13.7 Å². The number of ether oxygens (including phenoxy) is 2. The van der Waals surface area contributed by atoms with Gasteiger partial charge in [0.15, 0.2) is 0 Å². The van der Waals surface area contributed by atoms with Gasteiger partial charge < -0.3 is 9.47 Å². The van der Waals surface area contributed by atoms with Gasteiger partial charge in [0.25, 0.3) is 0 Å². The van der Waals surface area contributed by atoms with Gasteiger partial charge in [-0.2, -0.15) is 10.4 Å². The SMILES string of the molecule is COC[C@@H](C)OC(=O)/C(C#N)=C/c1cn(-c2ccc(F)cc2)nc1-c1ccc(C)cc1. The predicted molar refractivity (Wildman–Crippen MR) is 115 cm³/mol. The van der Waals surface area contributed by atoms with Gasteiger partial charge >= 0.3 is 5.97 Å². The first-order chi connectivity index (χ1) is 14.9. The van der Waals surface area contributed by atoms with Gasteiger partial charge in [-0.15, -0.1) is 0 Å². The zero-order chi connectivity index (χ0) is 22.4. The highest BCUT2D eigenvalue weighted by molar-refractivity contribution is 5.99. The average Bonchev–Trinajstić information content (AvgIpc) is 3.17. The Hall–Kier alpha value is -3.76. The van der Waals surface area contributed by atoms with Crippen LogP contribution in [-0.2, 0) is 14.3 Å². The van der Waals surface area contributed by atoms with Gasteiger partial charge in [0.2, 0.25) is 0 Å². The Bertz CT molecular complexity index is 1130. The first kappa shape index (κ1) is 21.9. The van der Waals surface area contributed by atoms with Crippen LogP contribution in [0.15, 0.2) is 60.3 Å². The zero-order valence-corrected chi connectivity index (χ0v) is 17.5. The minimum absolute atomic E-state index is 0.157. The lowest BCUT2D eigenvalue weighted by atomic mass is 10.0. The Morgan fingerprint density at radius 1 is 1.23 bits per heavy atom. The molecule has 3 rings (SSSR count). The van der Waals surface area contributed by atoms with Crippen molar-refractivity contribution in [2.45, 2.75) is 20.0 Å². The van der Waals surface area contributed by atoms with Crippen LogP contribution in [0.4, 0.5) is 4.39 Å². The van der Waals surface area contributed by atoms with E-state index in [9.17, 15) is 14.4 Å². The monoisotopic (exact) mass is 419 g/mol. The van der Waals surface area contributed by atoms with Gasteiger partial charge in [-0.3, -0.25) is 0 Å². The van der Waals surface area contributed by atoms with Crippen molar-refractivity contribution in [3.8, 4) is 23.0 Å². The number of nitrogens with zero attached hydrogens (tertiary/aromatic N) is 3. The van der Waals surface area contributed by atoms with E-state index in [1.807, 2.05) is 37.3 Å². The van der Waals surface area contributed by atoms with Crippen molar-refractivity contribution in [2.24, 2.45) is 0 Å². The number of carbonyl (C=O) groups excluding carboxylic acids is 1. The van der Waals surface area contributed by atoms with Crippen molar-refractivity contribution in [3.63, 3.8) is 0 Å². The molecule has 0 spiro atoms. The summed E-state index contributed by atoms with van der Waals surface area (Å²) >= 11 is 0. The number of hydrogen-bond acceptors (Lipinski definition) is 5. The van der Waals surface area contributed by atoms with E-state index in [1.165, 1.54) is 25.3 Å². The average molecular weight is 419 g/mol. The molecule has 6 nitrogen and oxygen atoms in total. The van der Waals surface area contributed by atoms with Crippen molar-refractivity contribution in [1.82, 2.24) is 9.78 Å². The Labute approximate surface area is 180 Å². The topological polar surface area (TPSA) is 77.1 Å². The Balaban J connectivity index is 2.05. The summed E-state index contributed by atoms with van der Waals surface area (Å²) in [7, 11) is 1.50. The fraction of sp³-hybridized carbons (Fsp3) is 0.208. The highest BCUT2D eigenvalue weighted by atomic mass is 19.1. The second-order valence-electron chi connectivity index (χ2n) is 7.06. The molecule has 0 unspecified atom stereocenters. The third kappa shape index (κ3) is 5.44. The normalized spacial score (nSPS) is 12.3. The first-order valence-electron chi connectivity index (χ1n) is 9.65. The molecule has 1 atom stereocenters. The van der Waals surface area contributed by atoms with E-state index in [0.717, 1.165) is 11.1 Å². The van der Waals surface area contributed by atoms with Crippen molar-refractivity contribution in [3.05, 3.63) is 77.2 Å². The molecule has 3 aromatic rings. The molecule has 1 heterocycles. The fourth-order valence-electron chi connectivity index (χ4n) is 2.96. The Morgan fingerprint density at radius 2 is 1.90 bits per heavy atom. The summed E-state index contributed by atoms with van der Waals surface area (Å²) in [5, 5.41) is 14.1. The molecular weight excluding hydrogens is 397 g/mol. The number of benzene rings is 2. The highest BCUT2D eigenvalue weighted by Crippen LogP contribution is 2.26. The molecule has 0 saturated heterocycles. The maximum atomic E-state index is 13.3. The van der Waals surface area contributed by atoms with Gasteiger partial charge in [-0.1, -0.05) is 29.8 Å². The summed E-state index contributed by atoms with van der Waals surface area (Å²) in [4.78, 5) is 12.4. The molecule has 7 heteroatoms. The molecular formula is C24H22FN3O3. The quantitative estimate of drug-likeness (QED) is 0.321. The third-order valence-electron chi connectivity index (χ3n) is 4.51. The molecule has 0 radical (unpaired) electrons. The highest BCUT2D eigenvalue weighted by Gasteiger charge is 2.18. The minimum Gasteiger partial charge on any atom is -0.456 e. The molecule has 0 aliphatic heterocycles. The smallest absolute Gasteiger partial charge is 0.349 e. The van der Waals surface area contributed by atoms with Gasteiger partial charge in [-0.05, 0) is 44.2 Å². The molecule has 2 aromatic carbocycles. The number of carbonyl (C=O) groups is 1. The summed E-state index contributed by atoms with van der Waals surface area (Å²) in [5.41, 5.74) is 3.53. The molecule has 0 amide bonds. The van der Waals surface area contributed by atoms with Crippen LogP contribution >= 0.6 is 0 Å². The van der Waals surface area contributed by atoms with Crippen LogP contribution in [0.1, 0.15) is 18.1 Å². The van der Waals surface area contributed by atoms with E-state index in [2.05, 4.69) is 5.10 Å². The molecule has 0 aliphatic rings. The van der Waals surface area contributed by atoms with Crippen LogP contribution in [0, 0.1) is 24.1 Å². The van der Waals surface area contributed by atoms with Gasteiger partial charge in [0.1, 0.15) is 23.6 Å². The molecule has 0 N–H and O–H groups in total. The van der Waals surface area contributed by atoms with Crippen LogP contribution < -0.4 is 0 Å². The number of nitriles is 1. The lowest BCUT2D eigenvalue weighted by molar-refractivity contribution is -0.145. The van der Waals surface area contributed by atoms with Crippen LogP contribution in [0.25, 0.3) is 23.0 Å². The second-order valence-corrected chi connectivity index (χ2v) is 7.06. The molecule has 0 saturated carbocycles. The van der Waals surface area contributed by atoms with Crippen molar-refractivity contribution >= 4 is 12.0 Å². The lowest BCUT2D eigenvalue weighted by Crippen LogP contribution is -2.20. The fourth-order valence-corrected chi connectivity index (χ4v) is 2.96. The number of esters is 1. The second kappa shape index (κ2) is 9.83. The molecule has 1 aromatic heterocycles. The van der Waals surface area contributed by atoms with Gasteiger partial charge in [0, 0.05) is 24.4 Å². The number of halogens is 1. The summed E-state index contributed by atoms with van der Waals surface area (Å²) in [5.74, 6) is -1.09. The van der Waals surface area contributed by atoms with Crippen LogP contribution in [0.3, 0.4) is 0 Å². The van der Waals surface area contributed by atoms with Crippen LogP contribution in [0.2, 0.25) is 0 Å². The first-order valence-corrected chi connectivity index (χ1v) is 9.65. The summed E-state index contributed by atoms with van der Waals surface area (Å²) in [6, 6.07) is 15.5. The van der Waals surface area contributed by atoms with Gasteiger partial charge in [0.05, 0.1) is 18.0 Å². The number of aromatic nitrogens is 2. The maximum absolute atomic E-state index is 13.3. The van der Waals surface area contributed by atoms with E-state index in [1.54, 1.807) is 29.9 Å². The number of aryl methyl sites for hydroxylation is 1. The molecule has 0 aliphatic carbocycles. The lowest BCUT2D eigenvalue weighted by Gasteiger charge is -2.11. The number of methoxy groups -OCH3 is 1. The summed E-state index contributed by atoms with van der Waals surface area (Å²) in [6.07, 6.45) is 2.64. The molecule has 158 valence electrons. The van der Waals surface area contributed by atoms with E-state index in [0.29, 0.717) is 16.9 Å². The van der Waals surface area contributed by atoms with Crippen molar-refractivity contribution < 1.29 is 18.7 Å². The molecule has 31 heavy (non-hydrogen) atoms. The Kier molecular flexibility index (Phi) is 6.96. The van der Waals surface area contributed by atoms with E-state index < -0.39 is 12.1 Å². The maximum Gasteiger partial charge on any atom is 0.349 e. The molecule has 0 fully saturated rings. The van der Waals surface area contributed by atoms with Crippen molar-refractivity contribution in [1.29, 1.82) is 5.26 Å². The summed E-state index contributed by atoms with van der Waals surface area (Å²) in [6.45, 7) is 3.88. The third-order valence-corrected chi connectivity index (χ3v) is 4.51. The summed E-state index contributed by atoms with van der Waals surface area (Å²) < 4.78 is 25.1. The van der Waals surface area contributed by atoms with E-state index in [-0.39, 0.29) is 18.0 Å². The zero-order valence-electron chi connectivity index (χ0n) is 17.5. The van der Waals surface area contributed by atoms with Gasteiger partial charge in [-0.25, -0.2) is 13.9 Å². The van der Waals surface area contributed by atoms with E-state index >= 15 is 0 Å². The standard InChI is InChI=1S/C24H22FN3O3/c1-16-4-6-18(7-5-16)23-20(12-19(13-26)24(29)31-17(2)15-30-3)14-28(27-23)22-10-8-21(25)9-11-22/h4-12,14,17H,15H2,1-3H3/b19-12+/t17-/m1/s1. The van der Waals surface area contributed by atoms with Crippen LogP contribution in [0.5, 0.6) is 0 Å². The minimum atomic E-state index is -0.739. The largest absolute Gasteiger partial charge is 0.456 e. The van der Waals surface area contributed by atoms with Crippen LogP contribution in [-0.4, -0.2) is 35.6 Å².